The molecular formula is C25H51NS3. The van der Waals surface area contributed by atoms with E-state index in [2.05, 4.69) is 30.6 Å². The van der Waals surface area contributed by atoms with E-state index in [1.165, 1.54) is 141 Å². The number of rotatable bonds is 24. The van der Waals surface area contributed by atoms with E-state index in [9.17, 15) is 0 Å². The van der Waals surface area contributed by atoms with Gasteiger partial charge in [-0.05, 0) is 18.6 Å². The normalized spacial score (nSPS) is 11.1. The molecule has 0 radical (unpaired) electrons. The van der Waals surface area contributed by atoms with E-state index in [0.717, 1.165) is 12.3 Å². The molecule has 0 bridgehead atoms. The molecule has 0 spiro atoms. The molecule has 1 N–H and O–H groups in total. The highest BCUT2D eigenvalue weighted by atomic mass is 32.1. The summed E-state index contributed by atoms with van der Waals surface area (Å²) in [6, 6.07) is 0. The summed E-state index contributed by atoms with van der Waals surface area (Å²) >= 11 is 13.2. The topological polar surface area (TPSA) is 12.0 Å². The SMILES string of the molecule is S=C(S)NCCCCCCCCCCCCCCCCCCCCCCCCS. The van der Waals surface area contributed by atoms with Gasteiger partial charge in [0.05, 0.1) is 0 Å². The smallest absolute Gasteiger partial charge is 0.130 e. The van der Waals surface area contributed by atoms with E-state index in [0.29, 0.717) is 4.32 Å². The molecule has 174 valence electrons. The molecule has 0 atom stereocenters. The molecule has 0 aliphatic carbocycles. The van der Waals surface area contributed by atoms with Gasteiger partial charge in [0.25, 0.3) is 0 Å². The molecule has 0 saturated carbocycles. The Hall–Kier alpha value is 0.590. The highest BCUT2D eigenvalue weighted by Crippen LogP contribution is 2.15. The summed E-state index contributed by atoms with van der Waals surface area (Å²) in [4.78, 5) is 0. The van der Waals surface area contributed by atoms with Crippen molar-refractivity contribution in [2.24, 2.45) is 0 Å². The Labute approximate surface area is 200 Å². The number of hydrogen-bond donors (Lipinski definition) is 3. The molecule has 0 rings (SSSR count). The van der Waals surface area contributed by atoms with Crippen LogP contribution in [-0.2, 0) is 0 Å². The van der Waals surface area contributed by atoms with Crippen molar-refractivity contribution in [2.75, 3.05) is 12.3 Å². The van der Waals surface area contributed by atoms with Crippen molar-refractivity contribution in [3.8, 4) is 0 Å². The molecule has 0 amide bonds. The van der Waals surface area contributed by atoms with Crippen molar-refractivity contribution in [3.63, 3.8) is 0 Å². The minimum absolute atomic E-state index is 0.627. The van der Waals surface area contributed by atoms with E-state index in [-0.39, 0.29) is 0 Å². The lowest BCUT2D eigenvalue weighted by atomic mass is 10.0. The first-order chi connectivity index (χ1) is 14.3. The van der Waals surface area contributed by atoms with Gasteiger partial charge in [-0.1, -0.05) is 141 Å². The average Bonchev–Trinajstić information content (AvgIpc) is 2.71. The lowest BCUT2D eigenvalue weighted by Gasteiger charge is -2.05. The van der Waals surface area contributed by atoms with Gasteiger partial charge in [-0.3, -0.25) is 0 Å². The second-order valence-electron chi connectivity index (χ2n) is 8.73. The third-order valence-electron chi connectivity index (χ3n) is 5.86. The van der Waals surface area contributed by atoms with Crippen LogP contribution in [0.1, 0.15) is 141 Å². The van der Waals surface area contributed by atoms with Crippen LogP contribution in [0, 0.1) is 0 Å². The highest BCUT2D eigenvalue weighted by Gasteiger charge is 1.96. The van der Waals surface area contributed by atoms with Crippen LogP contribution in [0.15, 0.2) is 0 Å². The van der Waals surface area contributed by atoms with Crippen LogP contribution in [0.2, 0.25) is 0 Å². The van der Waals surface area contributed by atoms with Gasteiger partial charge in [-0.2, -0.15) is 12.6 Å². The molecule has 0 aromatic carbocycles. The van der Waals surface area contributed by atoms with E-state index < -0.39 is 0 Å². The van der Waals surface area contributed by atoms with Crippen molar-refractivity contribution in [1.82, 2.24) is 5.32 Å². The molecule has 1 nitrogen and oxygen atoms in total. The predicted octanol–water partition coefficient (Wildman–Crippen LogP) is 9.30. The Kier molecular flexibility index (Phi) is 27.2. The van der Waals surface area contributed by atoms with Crippen LogP contribution < -0.4 is 5.32 Å². The Morgan fingerprint density at radius 3 is 0.931 bits per heavy atom. The molecule has 0 heterocycles. The summed E-state index contributed by atoms with van der Waals surface area (Å²) in [6.07, 6.45) is 31.3. The fourth-order valence-corrected chi connectivity index (χ4v) is 4.41. The number of unbranched alkanes of at least 4 members (excludes halogenated alkanes) is 21. The molecule has 0 aliphatic heterocycles. The van der Waals surface area contributed by atoms with Crippen LogP contribution in [0.4, 0.5) is 0 Å². The molecule has 0 unspecified atom stereocenters. The van der Waals surface area contributed by atoms with Crippen LogP contribution in [0.5, 0.6) is 0 Å². The third kappa shape index (κ3) is 28.6. The molecule has 0 aliphatic rings. The number of thiocarbonyl (C=S) groups is 1. The predicted molar refractivity (Wildman–Crippen MR) is 145 cm³/mol. The largest absolute Gasteiger partial charge is 0.371 e. The molecule has 0 aromatic heterocycles. The summed E-state index contributed by atoms with van der Waals surface area (Å²) in [6.45, 7) is 0.986. The van der Waals surface area contributed by atoms with Gasteiger partial charge < -0.3 is 5.32 Å². The Bertz CT molecular complexity index is 323. The first kappa shape index (κ1) is 29.6. The average molecular weight is 462 g/mol. The number of thiol groups is 2. The van der Waals surface area contributed by atoms with E-state index in [1.54, 1.807) is 0 Å². The van der Waals surface area contributed by atoms with Crippen LogP contribution in [0.25, 0.3) is 0 Å². The summed E-state index contributed by atoms with van der Waals surface area (Å²) in [5, 5.41) is 3.10. The lowest BCUT2D eigenvalue weighted by molar-refractivity contribution is 0.519. The standard InChI is InChI=1S/C25H51NS3/c27-24-22-20-18-16-14-12-10-8-6-4-2-1-3-5-7-9-11-13-15-17-19-21-23-26-25(28)29/h27H,1-24H2,(H2,26,28,29). The molecular weight excluding hydrogens is 410 g/mol. The lowest BCUT2D eigenvalue weighted by Crippen LogP contribution is -2.17. The van der Waals surface area contributed by atoms with Gasteiger partial charge in [-0.25, -0.2) is 0 Å². The second kappa shape index (κ2) is 26.6. The van der Waals surface area contributed by atoms with Gasteiger partial charge in [0, 0.05) is 6.54 Å². The zero-order valence-corrected chi connectivity index (χ0v) is 21.9. The Morgan fingerprint density at radius 1 is 0.448 bits per heavy atom. The van der Waals surface area contributed by atoms with Crippen LogP contribution >= 0.6 is 37.5 Å². The first-order valence-corrected chi connectivity index (χ1v) is 14.3. The fourth-order valence-electron chi connectivity index (χ4n) is 3.97. The Balaban J connectivity index is 2.99. The van der Waals surface area contributed by atoms with Gasteiger partial charge >= 0.3 is 0 Å². The monoisotopic (exact) mass is 461 g/mol. The minimum atomic E-state index is 0.627. The summed E-state index contributed by atoms with van der Waals surface area (Å²) in [5.74, 6) is 1.06. The van der Waals surface area contributed by atoms with Crippen molar-refractivity contribution >= 4 is 41.8 Å². The third-order valence-corrected chi connectivity index (χ3v) is 6.48. The molecule has 0 saturated heterocycles. The zero-order chi connectivity index (χ0) is 21.3. The van der Waals surface area contributed by atoms with E-state index in [4.69, 9.17) is 12.2 Å². The number of hydrogen-bond acceptors (Lipinski definition) is 2. The molecule has 0 aromatic rings. The maximum Gasteiger partial charge on any atom is 0.130 e. The van der Waals surface area contributed by atoms with E-state index >= 15 is 0 Å². The van der Waals surface area contributed by atoms with Crippen LogP contribution in [0.3, 0.4) is 0 Å². The first-order valence-electron chi connectivity index (χ1n) is 12.8. The van der Waals surface area contributed by atoms with Gasteiger partial charge in [0.2, 0.25) is 0 Å². The maximum absolute atomic E-state index is 4.88. The van der Waals surface area contributed by atoms with Gasteiger partial charge in [0.15, 0.2) is 0 Å². The molecule has 0 fully saturated rings. The fraction of sp³-hybridized carbons (Fsp3) is 0.960. The number of nitrogens with one attached hydrogen (secondary N) is 1. The second-order valence-corrected chi connectivity index (χ2v) is 10.3. The van der Waals surface area contributed by atoms with Crippen molar-refractivity contribution in [1.29, 1.82) is 0 Å². The minimum Gasteiger partial charge on any atom is -0.371 e. The van der Waals surface area contributed by atoms with Gasteiger partial charge in [-0.15, -0.1) is 12.6 Å². The molecule has 29 heavy (non-hydrogen) atoms. The quantitative estimate of drug-likeness (QED) is 0.0752. The summed E-state index contributed by atoms with van der Waals surface area (Å²) in [7, 11) is 0. The van der Waals surface area contributed by atoms with E-state index in [1.807, 2.05) is 0 Å². The molecule has 4 heteroatoms. The zero-order valence-electron chi connectivity index (χ0n) is 19.3. The van der Waals surface area contributed by atoms with Gasteiger partial charge in [0.1, 0.15) is 4.32 Å². The summed E-state index contributed by atoms with van der Waals surface area (Å²) in [5.41, 5.74) is 0. The van der Waals surface area contributed by atoms with Crippen molar-refractivity contribution in [3.05, 3.63) is 0 Å². The van der Waals surface area contributed by atoms with Crippen molar-refractivity contribution in [2.45, 2.75) is 141 Å². The van der Waals surface area contributed by atoms with Crippen molar-refractivity contribution < 1.29 is 0 Å². The summed E-state index contributed by atoms with van der Waals surface area (Å²) < 4.78 is 0.627. The highest BCUT2D eigenvalue weighted by molar-refractivity contribution is 8.11. The Morgan fingerprint density at radius 2 is 0.690 bits per heavy atom. The maximum atomic E-state index is 4.88. The van der Waals surface area contributed by atoms with Crippen LogP contribution in [-0.4, -0.2) is 16.6 Å².